The Morgan fingerprint density at radius 2 is 1.22 bits per heavy atom. The van der Waals surface area contributed by atoms with Gasteiger partial charge in [0.1, 0.15) is 6.54 Å². The molecule has 0 spiro atoms. The van der Waals surface area contributed by atoms with Crippen LogP contribution in [0.15, 0.2) is 24.3 Å². The number of benzene rings is 1. The minimum Gasteiger partial charge on any atom is -0.481 e. The van der Waals surface area contributed by atoms with Gasteiger partial charge in [0, 0.05) is 12.0 Å². The van der Waals surface area contributed by atoms with E-state index in [9.17, 15) is 4.79 Å². The van der Waals surface area contributed by atoms with Gasteiger partial charge >= 0.3 is 5.97 Å². The van der Waals surface area contributed by atoms with Crippen molar-refractivity contribution >= 4 is 5.97 Å². The molecule has 32 heavy (non-hydrogen) atoms. The van der Waals surface area contributed by atoms with Crippen LogP contribution in [-0.2, 0) is 17.8 Å². The normalized spacial score (nSPS) is 11.7. The molecular formula is C29H52NO2+. The topological polar surface area (TPSA) is 37.3 Å². The van der Waals surface area contributed by atoms with E-state index in [-0.39, 0.29) is 0 Å². The molecule has 0 aromatic heterocycles. The van der Waals surface area contributed by atoms with Gasteiger partial charge in [0.15, 0.2) is 0 Å². The number of nitrogens with zero attached hydrogens (tertiary/aromatic N) is 1. The van der Waals surface area contributed by atoms with Crippen molar-refractivity contribution in [3.05, 3.63) is 35.4 Å². The van der Waals surface area contributed by atoms with Gasteiger partial charge in [-0.1, -0.05) is 102 Å². The van der Waals surface area contributed by atoms with Crippen LogP contribution in [0, 0.1) is 0 Å². The smallest absolute Gasteiger partial charge is 0.303 e. The molecule has 184 valence electrons. The molecule has 0 aliphatic heterocycles. The van der Waals surface area contributed by atoms with Gasteiger partial charge in [-0.25, -0.2) is 0 Å². The molecule has 1 aromatic carbocycles. The molecule has 0 aliphatic carbocycles. The number of rotatable bonds is 21. The van der Waals surface area contributed by atoms with Crippen LogP contribution in [0.2, 0.25) is 0 Å². The first kappa shape index (κ1) is 28.7. The van der Waals surface area contributed by atoms with Crippen molar-refractivity contribution in [2.45, 2.75) is 123 Å². The summed E-state index contributed by atoms with van der Waals surface area (Å²) in [5, 5.41) is 8.78. The van der Waals surface area contributed by atoms with Gasteiger partial charge in [0.25, 0.3) is 0 Å². The molecule has 0 heterocycles. The highest BCUT2D eigenvalue weighted by Gasteiger charge is 2.17. The average molecular weight is 447 g/mol. The van der Waals surface area contributed by atoms with Crippen LogP contribution in [0.4, 0.5) is 0 Å². The molecule has 0 radical (unpaired) electrons. The standard InChI is InChI=1S/C29H51NO2/c1-4-5-6-7-8-9-10-11-12-13-14-16-21-27-22-18-19-23-28(27)26-30(2,3)25-20-15-17-24-29(31)32/h18-19,22-23H,4-17,20-21,24-26H2,1-3H3/p+1. The molecule has 0 aliphatic rings. The highest BCUT2D eigenvalue weighted by atomic mass is 16.4. The van der Waals surface area contributed by atoms with Crippen molar-refractivity contribution in [1.29, 1.82) is 0 Å². The van der Waals surface area contributed by atoms with Crippen LogP contribution in [0.25, 0.3) is 0 Å². The van der Waals surface area contributed by atoms with E-state index in [1.807, 2.05) is 0 Å². The number of carboxylic acids is 1. The van der Waals surface area contributed by atoms with Crippen LogP contribution in [0.1, 0.15) is 121 Å². The molecule has 1 rings (SSSR count). The Hall–Kier alpha value is -1.35. The Kier molecular flexibility index (Phi) is 16.2. The molecule has 1 N–H and O–H groups in total. The quantitative estimate of drug-likeness (QED) is 0.153. The number of quaternary nitrogens is 1. The average Bonchev–Trinajstić information content (AvgIpc) is 2.75. The van der Waals surface area contributed by atoms with Crippen LogP contribution >= 0.6 is 0 Å². The maximum Gasteiger partial charge on any atom is 0.303 e. The fraction of sp³-hybridized carbons (Fsp3) is 0.759. The van der Waals surface area contributed by atoms with Gasteiger partial charge in [0.05, 0.1) is 20.6 Å². The van der Waals surface area contributed by atoms with Gasteiger partial charge in [0.2, 0.25) is 0 Å². The summed E-state index contributed by atoms with van der Waals surface area (Å²) in [6.07, 6.45) is 21.2. The Morgan fingerprint density at radius 3 is 1.78 bits per heavy atom. The molecule has 0 fully saturated rings. The van der Waals surface area contributed by atoms with Crippen molar-refractivity contribution in [3.63, 3.8) is 0 Å². The zero-order valence-corrected chi connectivity index (χ0v) is 21.5. The molecule has 0 saturated carbocycles. The fourth-order valence-corrected chi connectivity index (χ4v) is 4.65. The predicted molar refractivity (Wildman–Crippen MR) is 138 cm³/mol. The lowest BCUT2D eigenvalue weighted by atomic mass is 9.99. The molecule has 0 saturated heterocycles. The zero-order valence-electron chi connectivity index (χ0n) is 21.5. The van der Waals surface area contributed by atoms with Crippen LogP contribution in [-0.4, -0.2) is 36.2 Å². The van der Waals surface area contributed by atoms with Crippen LogP contribution in [0.3, 0.4) is 0 Å². The van der Waals surface area contributed by atoms with Crippen LogP contribution < -0.4 is 0 Å². The number of carbonyl (C=O) groups is 1. The van der Waals surface area contributed by atoms with E-state index < -0.39 is 5.97 Å². The van der Waals surface area contributed by atoms with Crippen molar-refractivity contribution in [2.75, 3.05) is 20.6 Å². The van der Waals surface area contributed by atoms with E-state index in [1.54, 1.807) is 0 Å². The second kappa shape index (κ2) is 18.1. The van der Waals surface area contributed by atoms with E-state index in [2.05, 4.69) is 45.3 Å². The van der Waals surface area contributed by atoms with Crippen LogP contribution in [0.5, 0.6) is 0 Å². The third-order valence-corrected chi connectivity index (χ3v) is 6.67. The summed E-state index contributed by atoms with van der Waals surface area (Å²) in [5.74, 6) is -0.675. The molecule has 0 bridgehead atoms. The molecule has 3 nitrogen and oxygen atoms in total. The van der Waals surface area contributed by atoms with E-state index in [1.165, 1.54) is 94.6 Å². The van der Waals surface area contributed by atoms with Gasteiger partial charge < -0.3 is 9.59 Å². The molecule has 0 unspecified atom stereocenters. The first-order valence-electron chi connectivity index (χ1n) is 13.5. The highest BCUT2D eigenvalue weighted by Crippen LogP contribution is 2.19. The lowest BCUT2D eigenvalue weighted by Crippen LogP contribution is -2.39. The molecule has 1 aromatic rings. The molecule has 0 amide bonds. The Labute approximate surface area is 199 Å². The lowest BCUT2D eigenvalue weighted by Gasteiger charge is -2.31. The van der Waals surface area contributed by atoms with E-state index >= 15 is 0 Å². The number of aliphatic carboxylic acids is 1. The van der Waals surface area contributed by atoms with Gasteiger partial charge in [-0.15, -0.1) is 0 Å². The van der Waals surface area contributed by atoms with Crippen molar-refractivity contribution in [3.8, 4) is 0 Å². The van der Waals surface area contributed by atoms with Crippen molar-refractivity contribution in [2.24, 2.45) is 0 Å². The summed E-state index contributed by atoms with van der Waals surface area (Å²) >= 11 is 0. The molecule has 3 heteroatoms. The molecular weight excluding hydrogens is 394 g/mol. The van der Waals surface area contributed by atoms with Gasteiger partial charge in [-0.05, 0) is 37.7 Å². The van der Waals surface area contributed by atoms with E-state index in [4.69, 9.17) is 5.11 Å². The maximum atomic E-state index is 10.7. The van der Waals surface area contributed by atoms with Gasteiger partial charge in [-0.3, -0.25) is 4.79 Å². The summed E-state index contributed by atoms with van der Waals surface area (Å²) in [7, 11) is 4.61. The first-order valence-corrected chi connectivity index (χ1v) is 13.5. The highest BCUT2D eigenvalue weighted by molar-refractivity contribution is 5.66. The third-order valence-electron chi connectivity index (χ3n) is 6.67. The first-order chi connectivity index (χ1) is 15.4. The van der Waals surface area contributed by atoms with Crippen molar-refractivity contribution < 1.29 is 14.4 Å². The lowest BCUT2D eigenvalue weighted by molar-refractivity contribution is -0.903. The van der Waals surface area contributed by atoms with Gasteiger partial charge in [-0.2, -0.15) is 0 Å². The second-order valence-electron chi connectivity index (χ2n) is 10.4. The largest absolute Gasteiger partial charge is 0.481 e. The molecule has 0 atom stereocenters. The summed E-state index contributed by atoms with van der Waals surface area (Å²) in [4.78, 5) is 10.7. The summed E-state index contributed by atoms with van der Waals surface area (Å²) in [6, 6.07) is 8.99. The number of hydrogen-bond donors (Lipinski definition) is 1. The SMILES string of the molecule is CCCCCCCCCCCCCCc1ccccc1C[N+](C)(C)CCCCCC(=O)O. The summed E-state index contributed by atoms with van der Waals surface area (Å²) in [6.45, 7) is 4.45. The maximum absolute atomic E-state index is 10.7. The van der Waals surface area contributed by atoms with E-state index in [0.29, 0.717) is 6.42 Å². The second-order valence-corrected chi connectivity index (χ2v) is 10.4. The third kappa shape index (κ3) is 15.5. The summed E-state index contributed by atoms with van der Waals surface area (Å²) in [5.41, 5.74) is 3.02. The number of unbranched alkanes of at least 4 members (excludes halogenated alkanes) is 13. The minimum absolute atomic E-state index is 0.301. The number of aryl methyl sites for hydroxylation is 1. The Balaban J connectivity index is 2.19. The predicted octanol–water partition coefficient (Wildman–Crippen LogP) is 8.15. The zero-order chi connectivity index (χ0) is 23.5. The monoisotopic (exact) mass is 446 g/mol. The van der Waals surface area contributed by atoms with Crippen molar-refractivity contribution in [1.82, 2.24) is 0 Å². The summed E-state index contributed by atoms with van der Waals surface area (Å²) < 4.78 is 0.975. The fourth-order valence-electron chi connectivity index (χ4n) is 4.65. The Bertz CT molecular complexity index is 597. The Morgan fingerprint density at radius 1 is 0.719 bits per heavy atom. The number of carboxylic acid groups (broad SMARTS) is 1. The number of hydrogen-bond acceptors (Lipinski definition) is 1. The minimum atomic E-state index is -0.675. The van der Waals surface area contributed by atoms with E-state index in [0.717, 1.165) is 36.8 Å².